The summed E-state index contributed by atoms with van der Waals surface area (Å²) in [6.07, 6.45) is 0.683. The predicted octanol–water partition coefficient (Wildman–Crippen LogP) is 0.576. The number of ether oxygens (including phenoxy) is 1. The van der Waals surface area contributed by atoms with Gasteiger partial charge in [0.2, 0.25) is 10.0 Å². The van der Waals surface area contributed by atoms with E-state index in [1.54, 1.807) is 6.92 Å². The Hall–Kier alpha value is -0.660. The molecule has 0 aliphatic heterocycles. The second-order valence-corrected chi connectivity index (χ2v) is 7.23. The van der Waals surface area contributed by atoms with Crippen LogP contribution < -0.4 is 5.73 Å². The van der Waals surface area contributed by atoms with Crippen LogP contribution in [0.25, 0.3) is 0 Å². The molecule has 0 rings (SSSR count). The smallest absolute Gasteiger partial charge is 0.322 e. The van der Waals surface area contributed by atoms with Crippen molar-refractivity contribution < 1.29 is 17.9 Å². The van der Waals surface area contributed by atoms with Crippen LogP contribution >= 0.6 is 0 Å². The maximum absolute atomic E-state index is 12.2. The number of rotatable bonds is 9. The third-order valence-corrected chi connectivity index (χ3v) is 4.33. The van der Waals surface area contributed by atoms with Crippen LogP contribution in [-0.2, 0) is 19.6 Å². The molecule has 0 aromatic heterocycles. The van der Waals surface area contributed by atoms with E-state index in [9.17, 15) is 13.2 Å². The van der Waals surface area contributed by atoms with Gasteiger partial charge in [-0.1, -0.05) is 20.8 Å². The summed E-state index contributed by atoms with van der Waals surface area (Å²) in [5, 5.41) is 0. The van der Waals surface area contributed by atoms with E-state index in [0.29, 0.717) is 26.1 Å². The van der Waals surface area contributed by atoms with Crippen molar-refractivity contribution in [3.05, 3.63) is 0 Å². The maximum atomic E-state index is 12.2. The highest BCUT2D eigenvalue weighted by Crippen LogP contribution is 2.18. The normalized spacial score (nSPS) is 12.7. The van der Waals surface area contributed by atoms with Crippen LogP contribution in [0.4, 0.5) is 0 Å². The maximum Gasteiger partial charge on any atom is 0.322 e. The number of carbonyl (C=O) groups excluding carboxylic acids is 1. The number of nitrogens with two attached hydrogens (primary N) is 1. The van der Waals surface area contributed by atoms with Gasteiger partial charge in [0, 0.05) is 13.1 Å². The van der Waals surface area contributed by atoms with Gasteiger partial charge in [-0.05, 0) is 25.3 Å². The molecular weight excluding hydrogens is 268 g/mol. The van der Waals surface area contributed by atoms with E-state index in [-0.39, 0.29) is 12.0 Å². The van der Waals surface area contributed by atoms with Crippen LogP contribution in [0, 0.1) is 5.41 Å². The van der Waals surface area contributed by atoms with Crippen LogP contribution in [0.3, 0.4) is 0 Å². The van der Waals surface area contributed by atoms with E-state index in [2.05, 4.69) is 0 Å². The molecule has 0 aliphatic carbocycles. The Bertz CT molecular complexity index is 379. The van der Waals surface area contributed by atoms with Gasteiger partial charge in [0.15, 0.2) is 5.75 Å². The first-order chi connectivity index (χ1) is 8.68. The molecule has 0 atom stereocenters. The zero-order valence-electron chi connectivity index (χ0n) is 12.3. The Morgan fingerprint density at radius 3 is 2.32 bits per heavy atom. The largest absolute Gasteiger partial charge is 0.465 e. The summed E-state index contributed by atoms with van der Waals surface area (Å²) in [5.74, 6) is -1.32. The summed E-state index contributed by atoms with van der Waals surface area (Å²) in [6.45, 7) is 8.57. The fraction of sp³-hybridized carbons (Fsp3) is 0.917. The molecule has 2 N–H and O–H groups in total. The van der Waals surface area contributed by atoms with Crippen LogP contribution in [0.5, 0.6) is 0 Å². The monoisotopic (exact) mass is 294 g/mol. The lowest BCUT2D eigenvalue weighted by Gasteiger charge is -2.30. The quantitative estimate of drug-likeness (QED) is 0.628. The lowest BCUT2D eigenvalue weighted by Crippen LogP contribution is -2.44. The molecule has 0 saturated heterocycles. The lowest BCUT2D eigenvalue weighted by molar-refractivity contribution is -0.140. The Kier molecular flexibility index (Phi) is 7.54. The molecular formula is C12H26N2O4S. The van der Waals surface area contributed by atoms with Gasteiger partial charge in [0.1, 0.15) is 0 Å². The van der Waals surface area contributed by atoms with E-state index >= 15 is 0 Å². The highest BCUT2D eigenvalue weighted by Gasteiger charge is 2.30. The summed E-state index contributed by atoms with van der Waals surface area (Å²) >= 11 is 0. The summed E-state index contributed by atoms with van der Waals surface area (Å²) < 4.78 is 30.4. The van der Waals surface area contributed by atoms with Crippen LogP contribution in [0.15, 0.2) is 0 Å². The van der Waals surface area contributed by atoms with Crippen molar-refractivity contribution in [2.45, 2.75) is 34.1 Å². The molecule has 0 aromatic carbocycles. The number of nitrogens with zero attached hydrogens (tertiary/aromatic N) is 1. The topological polar surface area (TPSA) is 89.7 Å². The molecule has 0 aliphatic rings. The molecule has 114 valence electrons. The van der Waals surface area contributed by atoms with Crippen LogP contribution in [-0.4, -0.2) is 50.7 Å². The molecule has 0 aromatic rings. The Balaban J connectivity index is 4.90. The number of hydrogen-bond donors (Lipinski definition) is 1. The van der Waals surface area contributed by atoms with Gasteiger partial charge in [-0.15, -0.1) is 0 Å². The SMILES string of the molecule is CCCN(CC(C)(C)CN)S(=O)(=O)CC(=O)OCC. The molecule has 7 heteroatoms. The molecule has 0 amide bonds. The first-order valence-electron chi connectivity index (χ1n) is 6.52. The van der Waals surface area contributed by atoms with Crippen molar-refractivity contribution in [1.29, 1.82) is 0 Å². The molecule has 0 heterocycles. The minimum atomic E-state index is -3.65. The molecule has 0 spiro atoms. The number of hydrogen-bond acceptors (Lipinski definition) is 5. The second kappa shape index (κ2) is 7.81. The number of sulfonamides is 1. The van der Waals surface area contributed by atoms with Gasteiger partial charge < -0.3 is 10.5 Å². The van der Waals surface area contributed by atoms with Gasteiger partial charge in [0.05, 0.1) is 6.61 Å². The van der Waals surface area contributed by atoms with Crippen molar-refractivity contribution >= 4 is 16.0 Å². The van der Waals surface area contributed by atoms with Crippen molar-refractivity contribution in [2.24, 2.45) is 11.1 Å². The van der Waals surface area contributed by atoms with Gasteiger partial charge in [-0.2, -0.15) is 0 Å². The highest BCUT2D eigenvalue weighted by atomic mass is 32.2. The first-order valence-corrected chi connectivity index (χ1v) is 8.13. The van der Waals surface area contributed by atoms with Crippen LogP contribution in [0.1, 0.15) is 34.1 Å². The number of carbonyl (C=O) groups is 1. The summed E-state index contributed by atoms with van der Waals surface area (Å²) in [5.41, 5.74) is 5.31. The highest BCUT2D eigenvalue weighted by molar-refractivity contribution is 7.89. The van der Waals surface area contributed by atoms with E-state index < -0.39 is 21.7 Å². The third kappa shape index (κ3) is 6.89. The molecule has 0 fully saturated rings. The van der Waals surface area contributed by atoms with E-state index in [1.165, 1.54) is 4.31 Å². The minimum Gasteiger partial charge on any atom is -0.465 e. The second-order valence-electron chi connectivity index (χ2n) is 5.26. The van der Waals surface area contributed by atoms with Crippen molar-refractivity contribution in [2.75, 3.05) is 32.0 Å². The average Bonchev–Trinajstić information content (AvgIpc) is 2.28. The van der Waals surface area contributed by atoms with Crippen LogP contribution in [0.2, 0.25) is 0 Å². The fourth-order valence-electron chi connectivity index (χ4n) is 1.55. The third-order valence-electron chi connectivity index (χ3n) is 2.63. The van der Waals surface area contributed by atoms with E-state index in [4.69, 9.17) is 10.5 Å². The summed E-state index contributed by atoms with van der Waals surface area (Å²) in [7, 11) is -3.65. The molecule has 0 saturated carbocycles. The molecule has 0 unspecified atom stereocenters. The van der Waals surface area contributed by atoms with Gasteiger partial charge in [-0.3, -0.25) is 4.79 Å². The average molecular weight is 294 g/mol. The lowest BCUT2D eigenvalue weighted by atomic mass is 9.94. The number of esters is 1. The minimum absolute atomic E-state index is 0.177. The summed E-state index contributed by atoms with van der Waals surface area (Å²) in [6, 6.07) is 0. The molecule has 6 nitrogen and oxygen atoms in total. The molecule has 19 heavy (non-hydrogen) atoms. The standard InChI is InChI=1S/C12H26N2O4S/c1-5-7-14(10-12(3,4)9-13)19(16,17)8-11(15)18-6-2/h5-10,13H2,1-4H3. The van der Waals surface area contributed by atoms with Gasteiger partial charge in [0.25, 0.3) is 0 Å². The fourth-order valence-corrected chi connectivity index (χ4v) is 3.12. The van der Waals surface area contributed by atoms with Crippen molar-refractivity contribution in [3.8, 4) is 0 Å². The van der Waals surface area contributed by atoms with E-state index in [0.717, 1.165) is 0 Å². The van der Waals surface area contributed by atoms with Crippen molar-refractivity contribution in [1.82, 2.24) is 4.31 Å². The van der Waals surface area contributed by atoms with Gasteiger partial charge >= 0.3 is 5.97 Å². The zero-order valence-corrected chi connectivity index (χ0v) is 13.1. The molecule has 0 bridgehead atoms. The first kappa shape index (κ1) is 18.3. The molecule has 0 radical (unpaired) electrons. The Morgan fingerprint density at radius 1 is 1.32 bits per heavy atom. The van der Waals surface area contributed by atoms with Gasteiger partial charge in [-0.25, -0.2) is 12.7 Å². The summed E-state index contributed by atoms with van der Waals surface area (Å²) in [4.78, 5) is 11.3. The van der Waals surface area contributed by atoms with E-state index in [1.807, 2.05) is 20.8 Å². The predicted molar refractivity (Wildman–Crippen MR) is 75.1 cm³/mol. The Morgan fingerprint density at radius 2 is 1.89 bits per heavy atom. The Labute approximate surface area is 116 Å². The van der Waals surface area contributed by atoms with Crippen molar-refractivity contribution in [3.63, 3.8) is 0 Å². The zero-order chi connectivity index (χ0) is 15.1.